The molecule has 0 saturated carbocycles. The van der Waals surface area contributed by atoms with Crippen LogP contribution in [0.3, 0.4) is 0 Å². The van der Waals surface area contributed by atoms with E-state index in [9.17, 15) is 0 Å². The lowest BCUT2D eigenvalue weighted by atomic mass is 9.97. The molecule has 2 heterocycles. The van der Waals surface area contributed by atoms with Crippen LogP contribution in [0.2, 0.25) is 0 Å². The molecule has 286 valence electrons. The monoisotopic (exact) mass is 795 g/mol. The predicted octanol–water partition coefficient (Wildman–Crippen LogP) is 17.2. The van der Waals surface area contributed by atoms with Gasteiger partial charge in [0.25, 0.3) is 0 Å². The Morgan fingerprint density at radius 1 is 0.344 bits per heavy atom. The summed E-state index contributed by atoms with van der Waals surface area (Å²) in [6.45, 7) is 0. The lowest BCUT2D eigenvalue weighted by Crippen LogP contribution is -2.11. The molecule has 0 saturated heterocycles. The largest absolute Gasteiger partial charge is 0.456 e. The molecule has 0 aliphatic carbocycles. The van der Waals surface area contributed by atoms with Gasteiger partial charge < -0.3 is 9.32 Å². The molecule has 2 aromatic heterocycles. The molecule has 2 nitrogen and oxygen atoms in total. The molecule has 10 aromatic carbocycles. The lowest BCUT2D eigenvalue weighted by molar-refractivity contribution is 0.669. The highest BCUT2D eigenvalue weighted by Crippen LogP contribution is 2.50. The fraction of sp³-hybridized carbons (Fsp3) is 0. The van der Waals surface area contributed by atoms with Crippen molar-refractivity contribution in [3.63, 3.8) is 0 Å². The Bertz CT molecular complexity index is 3560. The second-order valence-corrected chi connectivity index (χ2v) is 16.7. The van der Waals surface area contributed by atoms with Crippen LogP contribution in [0, 0.1) is 0 Å². The molecule has 12 rings (SSSR count). The van der Waals surface area contributed by atoms with Crippen LogP contribution in [0.5, 0.6) is 0 Å². The van der Waals surface area contributed by atoms with Crippen molar-refractivity contribution in [3.8, 4) is 44.5 Å². The van der Waals surface area contributed by atoms with Gasteiger partial charge in [0.05, 0.1) is 10.4 Å². The first kappa shape index (κ1) is 35.2. The molecule has 61 heavy (non-hydrogen) atoms. The van der Waals surface area contributed by atoms with Gasteiger partial charge in [0, 0.05) is 43.2 Å². The minimum absolute atomic E-state index is 0.900. The van der Waals surface area contributed by atoms with Gasteiger partial charge in [0.2, 0.25) is 0 Å². The van der Waals surface area contributed by atoms with E-state index in [0.29, 0.717) is 0 Å². The Morgan fingerprint density at radius 2 is 0.918 bits per heavy atom. The Balaban J connectivity index is 1.00. The zero-order valence-electron chi connectivity index (χ0n) is 33.1. The molecule has 0 aliphatic heterocycles. The van der Waals surface area contributed by atoms with E-state index in [1.165, 1.54) is 70.0 Å². The normalized spacial score (nSPS) is 11.6. The number of anilines is 3. The third kappa shape index (κ3) is 6.09. The average Bonchev–Trinajstić information content (AvgIpc) is 3.91. The highest BCUT2D eigenvalue weighted by atomic mass is 32.1. The summed E-state index contributed by atoms with van der Waals surface area (Å²) in [6, 6.07) is 81.2. The first-order chi connectivity index (χ1) is 30.2. The minimum Gasteiger partial charge on any atom is -0.456 e. The van der Waals surface area contributed by atoms with Gasteiger partial charge in [-0.25, -0.2) is 0 Å². The number of nitrogens with zero attached hydrogens (tertiary/aromatic N) is 1. The van der Waals surface area contributed by atoms with E-state index in [4.69, 9.17) is 4.42 Å². The number of benzene rings is 10. The topological polar surface area (TPSA) is 16.4 Å². The van der Waals surface area contributed by atoms with Crippen molar-refractivity contribution in [3.05, 3.63) is 224 Å². The van der Waals surface area contributed by atoms with E-state index in [0.717, 1.165) is 44.4 Å². The van der Waals surface area contributed by atoms with Crippen LogP contribution in [-0.4, -0.2) is 0 Å². The van der Waals surface area contributed by atoms with Crippen LogP contribution in [0.25, 0.3) is 97.4 Å². The van der Waals surface area contributed by atoms with E-state index in [1.807, 2.05) is 23.5 Å². The molecule has 0 unspecified atom stereocenters. The Morgan fingerprint density at radius 3 is 1.69 bits per heavy atom. The number of hydrogen-bond acceptors (Lipinski definition) is 3. The SMILES string of the molecule is c1ccc(-c2ccc3c(sc4ccccc43)c2N(c2ccc(-c3ccc(-c4ccc5ccccc5c4)cc3)cc2)c2ccc(-c3cccc4oc5ccccc5c34)cc2)cc1. The van der Waals surface area contributed by atoms with Crippen molar-refractivity contribution >= 4 is 81.3 Å². The smallest absolute Gasteiger partial charge is 0.136 e. The number of furan rings is 1. The molecule has 0 amide bonds. The molecule has 3 heteroatoms. The van der Waals surface area contributed by atoms with Gasteiger partial charge in [-0.15, -0.1) is 11.3 Å². The number of thiophene rings is 1. The number of hydrogen-bond donors (Lipinski definition) is 0. The molecule has 0 atom stereocenters. The number of para-hydroxylation sites is 1. The van der Waals surface area contributed by atoms with Crippen molar-refractivity contribution in [1.29, 1.82) is 0 Å². The van der Waals surface area contributed by atoms with Crippen LogP contribution in [0.4, 0.5) is 17.1 Å². The van der Waals surface area contributed by atoms with Crippen molar-refractivity contribution < 1.29 is 4.42 Å². The van der Waals surface area contributed by atoms with Gasteiger partial charge in [0.15, 0.2) is 0 Å². The third-order valence-corrected chi connectivity index (χ3v) is 13.3. The zero-order chi connectivity index (χ0) is 40.3. The Hall–Kier alpha value is -7.72. The van der Waals surface area contributed by atoms with Gasteiger partial charge in [-0.05, 0) is 98.2 Å². The molecule has 0 fully saturated rings. The van der Waals surface area contributed by atoms with Gasteiger partial charge in [0.1, 0.15) is 11.2 Å². The van der Waals surface area contributed by atoms with Crippen molar-refractivity contribution in [2.75, 3.05) is 4.90 Å². The van der Waals surface area contributed by atoms with Crippen LogP contribution < -0.4 is 4.90 Å². The molecular weight excluding hydrogens is 759 g/mol. The standard InChI is InChI=1S/C58H37NOS/c1-2-12-42(13-3-1)49-35-36-51-50-15-7-9-20-55(50)61-58(51)57(49)59(47-33-29-43(30-34-47)48-17-10-19-54-56(48)52-16-6-8-18-53(52)60-54)46-31-27-40(28-32-46)39-21-23-41(24-22-39)45-26-25-38-11-4-5-14-44(38)37-45/h1-37H. The van der Waals surface area contributed by atoms with E-state index in [-0.39, 0.29) is 0 Å². The summed E-state index contributed by atoms with van der Waals surface area (Å²) in [7, 11) is 0. The van der Waals surface area contributed by atoms with Crippen molar-refractivity contribution in [1.82, 2.24) is 0 Å². The van der Waals surface area contributed by atoms with Crippen molar-refractivity contribution in [2.45, 2.75) is 0 Å². The van der Waals surface area contributed by atoms with Crippen LogP contribution >= 0.6 is 11.3 Å². The van der Waals surface area contributed by atoms with Gasteiger partial charge in [-0.1, -0.05) is 176 Å². The first-order valence-electron chi connectivity index (χ1n) is 20.7. The summed E-state index contributed by atoms with van der Waals surface area (Å²) in [5.41, 5.74) is 14.6. The summed E-state index contributed by atoms with van der Waals surface area (Å²) < 4.78 is 8.83. The zero-order valence-corrected chi connectivity index (χ0v) is 33.9. The maximum absolute atomic E-state index is 6.29. The van der Waals surface area contributed by atoms with E-state index >= 15 is 0 Å². The number of rotatable bonds is 7. The Labute approximate surface area is 357 Å². The first-order valence-corrected chi connectivity index (χ1v) is 21.6. The highest BCUT2D eigenvalue weighted by molar-refractivity contribution is 7.26. The van der Waals surface area contributed by atoms with E-state index in [1.54, 1.807) is 0 Å². The fourth-order valence-corrected chi connectivity index (χ4v) is 10.3. The summed E-state index contributed by atoms with van der Waals surface area (Å²) in [5.74, 6) is 0. The average molecular weight is 796 g/mol. The minimum atomic E-state index is 0.900. The summed E-state index contributed by atoms with van der Waals surface area (Å²) in [6.07, 6.45) is 0. The summed E-state index contributed by atoms with van der Waals surface area (Å²) >= 11 is 1.87. The third-order valence-electron chi connectivity index (χ3n) is 12.1. The van der Waals surface area contributed by atoms with Gasteiger partial charge in [-0.3, -0.25) is 0 Å². The molecule has 12 aromatic rings. The molecular formula is C58H37NOS. The lowest BCUT2D eigenvalue weighted by Gasteiger charge is -2.29. The molecule has 0 radical (unpaired) electrons. The maximum Gasteiger partial charge on any atom is 0.136 e. The van der Waals surface area contributed by atoms with Gasteiger partial charge in [-0.2, -0.15) is 0 Å². The second-order valence-electron chi connectivity index (χ2n) is 15.6. The molecule has 0 spiro atoms. The van der Waals surface area contributed by atoms with Crippen LogP contribution in [-0.2, 0) is 0 Å². The fourth-order valence-electron chi connectivity index (χ4n) is 9.09. The second kappa shape index (κ2) is 14.5. The van der Waals surface area contributed by atoms with Crippen molar-refractivity contribution in [2.24, 2.45) is 0 Å². The van der Waals surface area contributed by atoms with E-state index < -0.39 is 0 Å². The van der Waals surface area contributed by atoms with Gasteiger partial charge >= 0.3 is 0 Å². The maximum atomic E-state index is 6.29. The highest BCUT2D eigenvalue weighted by Gasteiger charge is 2.23. The summed E-state index contributed by atoms with van der Waals surface area (Å²) in [4.78, 5) is 2.46. The molecule has 0 aliphatic rings. The summed E-state index contributed by atoms with van der Waals surface area (Å²) in [5, 5.41) is 7.33. The molecule has 0 bridgehead atoms. The van der Waals surface area contributed by atoms with Crippen LogP contribution in [0.1, 0.15) is 0 Å². The van der Waals surface area contributed by atoms with Crippen LogP contribution in [0.15, 0.2) is 229 Å². The number of fused-ring (bicyclic) bond motifs is 7. The molecule has 0 N–H and O–H groups in total. The Kier molecular flexibility index (Phi) is 8.39. The quantitative estimate of drug-likeness (QED) is 0.160. The van der Waals surface area contributed by atoms with E-state index in [2.05, 4.69) is 217 Å². The predicted molar refractivity (Wildman–Crippen MR) is 261 cm³/mol.